The van der Waals surface area contributed by atoms with Crippen LogP contribution < -0.4 is 5.73 Å². The van der Waals surface area contributed by atoms with Crippen molar-refractivity contribution in [3.63, 3.8) is 0 Å². The van der Waals surface area contributed by atoms with Gasteiger partial charge in [0.2, 0.25) is 6.49 Å². The Bertz CT molecular complexity index is 226. The van der Waals surface area contributed by atoms with Gasteiger partial charge in [0, 0.05) is 6.54 Å². The fourth-order valence-electron chi connectivity index (χ4n) is 1.91. The summed E-state index contributed by atoms with van der Waals surface area (Å²) in [4.78, 5) is 18.7. The lowest BCUT2D eigenvalue weighted by molar-refractivity contribution is 0.0564. The molecule has 0 aromatic rings. The molecule has 1 aliphatic rings. The molecule has 0 heterocycles. The first-order valence-electron chi connectivity index (χ1n) is 4.40. The van der Waals surface area contributed by atoms with Gasteiger partial charge in [-0.15, -0.1) is 0 Å². The normalized spacial score (nSPS) is 24.6. The molecule has 5 N–H and O–H groups in total. The summed E-state index contributed by atoms with van der Waals surface area (Å²) in [6, 6.07) is 0. The first kappa shape index (κ1) is 11.6. The average molecular weight is 225 g/mol. The molecule has 1 fully saturated rings. The molecule has 1 atom stereocenters. The zero-order valence-corrected chi connectivity index (χ0v) is 9.10. The predicted octanol–water partition coefficient (Wildman–Crippen LogP) is 0.118. The van der Waals surface area contributed by atoms with Crippen LogP contribution in [0.1, 0.15) is 25.7 Å². The van der Waals surface area contributed by atoms with Crippen LogP contribution >= 0.6 is 6.49 Å². The van der Waals surface area contributed by atoms with E-state index in [0.717, 1.165) is 25.7 Å². The van der Waals surface area contributed by atoms with E-state index in [0.29, 0.717) is 0 Å². The minimum atomic E-state index is -3.67. The van der Waals surface area contributed by atoms with Crippen LogP contribution in [0.25, 0.3) is 0 Å². The van der Waals surface area contributed by atoms with Crippen LogP contribution in [0.5, 0.6) is 0 Å². The Hall–Kier alpha value is 0.490. The Morgan fingerprint density at radius 3 is 2.15 bits per heavy atom. The summed E-state index contributed by atoms with van der Waals surface area (Å²) in [6.45, 7) is -3.84. The zero-order valence-electron chi connectivity index (χ0n) is 7.39. The fourth-order valence-corrected chi connectivity index (χ4v) is 3.55. The zero-order chi connectivity index (χ0) is 10.1. The second-order valence-corrected chi connectivity index (χ2v) is 7.00. The lowest BCUT2D eigenvalue weighted by Gasteiger charge is -2.35. The van der Waals surface area contributed by atoms with Crippen LogP contribution in [0.2, 0.25) is 0 Å². The molecule has 0 radical (unpaired) electrons. The molecular formula is C7H16NO3PS. The molecule has 0 spiro atoms. The van der Waals surface area contributed by atoms with Gasteiger partial charge in [-0.25, -0.2) is 0 Å². The van der Waals surface area contributed by atoms with Crippen LogP contribution in [0.15, 0.2) is 0 Å². The molecule has 0 saturated heterocycles. The maximum Gasteiger partial charge on any atom is 0.216 e. The Kier molecular flexibility index (Phi) is 3.49. The van der Waals surface area contributed by atoms with E-state index < -0.39 is 11.8 Å². The van der Waals surface area contributed by atoms with E-state index in [4.69, 9.17) is 5.73 Å². The summed E-state index contributed by atoms with van der Waals surface area (Å²) >= 11 is 4.55. The topological polar surface area (TPSA) is 86.7 Å². The van der Waals surface area contributed by atoms with E-state index in [1.807, 2.05) is 0 Å². The molecule has 0 aliphatic heterocycles. The highest BCUT2D eigenvalue weighted by Crippen LogP contribution is 2.56. The summed E-state index contributed by atoms with van der Waals surface area (Å²) in [7, 11) is 0. The largest absolute Gasteiger partial charge is 0.378 e. The van der Waals surface area contributed by atoms with E-state index in [1.54, 1.807) is 0 Å². The first-order valence-corrected chi connectivity index (χ1v) is 7.10. The standard InChI is InChI=1S/C7H16NO3PS/c8-5-7(9,12(10,11)13)6-3-1-2-4-6/h6,9H,1-5,8H2,(H2,10,11,13). The maximum absolute atomic E-state index is 9.98. The van der Waals surface area contributed by atoms with Crippen molar-refractivity contribution in [3.8, 4) is 0 Å². The van der Waals surface area contributed by atoms with Crippen molar-refractivity contribution in [1.82, 2.24) is 0 Å². The van der Waals surface area contributed by atoms with Crippen molar-refractivity contribution < 1.29 is 14.9 Å². The van der Waals surface area contributed by atoms with E-state index in [-0.39, 0.29) is 12.5 Å². The van der Waals surface area contributed by atoms with E-state index in [1.165, 1.54) is 0 Å². The van der Waals surface area contributed by atoms with Gasteiger partial charge < -0.3 is 20.6 Å². The third-order valence-electron chi connectivity index (χ3n) is 2.81. The minimum Gasteiger partial charge on any atom is -0.378 e. The van der Waals surface area contributed by atoms with Crippen molar-refractivity contribution in [2.24, 2.45) is 11.7 Å². The highest BCUT2D eigenvalue weighted by molar-refractivity contribution is 8.09. The number of rotatable bonds is 3. The summed E-state index contributed by atoms with van der Waals surface area (Å²) in [5.74, 6) is -0.140. The smallest absolute Gasteiger partial charge is 0.216 e. The van der Waals surface area contributed by atoms with Crippen molar-refractivity contribution in [1.29, 1.82) is 0 Å². The molecule has 0 bridgehead atoms. The van der Waals surface area contributed by atoms with Gasteiger partial charge >= 0.3 is 0 Å². The Morgan fingerprint density at radius 1 is 1.38 bits per heavy atom. The first-order chi connectivity index (χ1) is 5.92. The van der Waals surface area contributed by atoms with Gasteiger partial charge in [0.25, 0.3) is 0 Å². The summed E-state index contributed by atoms with van der Waals surface area (Å²) < 4.78 is 0. The van der Waals surface area contributed by atoms with Crippen molar-refractivity contribution in [3.05, 3.63) is 0 Å². The van der Waals surface area contributed by atoms with Crippen molar-refractivity contribution in [2.45, 2.75) is 31.0 Å². The summed E-state index contributed by atoms with van der Waals surface area (Å²) in [5.41, 5.74) is 5.36. The molecule has 0 amide bonds. The molecule has 13 heavy (non-hydrogen) atoms. The van der Waals surface area contributed by atoms with Gasteiger partial charge in [0.15, 0.2) is 5.34 Å². The second-order valence-electron chi connectivity index (χ2n) is 3.61. The lowest BCUT2D eigenvalue weighted by atomic mass is 10.0. The number of hydrogen-bond donors (Lipinski definition) is 4. The van der Waals surface area contributed by atoms with Gasteiger partial charge in [0.05, 0.1) is 0 Å². The van der Waals surface area contributed by atoms with Crippen LogP contribution in [0, 0.1) is 5.92 Å². The molecule has 1 unspecified atom stereocenters. The maximum atomic E-state index is 9.98. The fraction of sp³-hybridized carbons (Fsp3) is 1.00. The Balaban J connectivity index is 2.85. The molecule has 1 rings (SSSR count). The molecule has 4 nitrogen and oxygen atoms in total. The molecule has 1 saturated carbocycles. The average Bonchev–Trinajstić information content (AvgIpc) is 2.52. The van der Waals surface area contributed by atoms with Gasteiger partial charge in [-0.2, -0.15) is 0 Å². The summed E-state index contributed by atoms with van der Waals surface area (Å²) in [5, 5.41) is 8.35. The molecule has 0 aromatic heterocycles. The van der Waals surface area contributed by atoms with Gasteiger partial charge in [0.1, 0.15) is 0 Å². The molecule has 0 aromatic carbocycles. The highest BCUT2D eigenvalue weighted by Gasteiger charge is 2.47. The van der Waals surface area contributed by atoms with Crippen molar-refractivity contribution >= 4 is 18.3 Å². The Morgan fingerprint density at radius 2 is 1.85 bits per heavy atom. The Labute approximate surface area is 82.9 Å². The lowest BCUT2D eigenvalue weighted by Crippen LogP contribution is -2.43. The van der Waals surface area contributed by atoms with Crippen molar-refractivity contribution in [2.75, 3.05) is 6.54 Å². The third-order valence-corrected chi connectivity index (χ3v) is 5.32. The van der Waals surface area contributed by atoms with Gasteiger partial charge in [-0.05, 0) is 30.6 Å². The van der Waals surface area contributed by atoms with E-state index in [9.17, 15) is 14.9 Å². The molecule has 6 heteroatoms. The highest BCUT2D eigenvalue weighted by atomic mass is 32.5. The summed E-state index contributed by atoms with van der Waals surface area (Å²) in [6.07, 6.45) is 3.57. The molecule has 1 aliphatic carbocycles. The number of hydrogen-bond acceptors (Lipinski definition) is 3. The van der Waals surface area contributed by atoms with Crippen LogP contribution in [0.3, 0.4) is 0 Å². The monoisotopic (exact) mass is 225 g/mol. The van der Waals surface area contributed by atoms with Crippen LogP contribution in [0.4, 0.5) is 0 Å². The van der Waals surface area contributed by atoms with Gasteiger partial charge in [-0.1, -0.05) is 12.8 Å². The predicted molar refractivity (Wildman–Crippen MR) is 54.7 cm³/mol. The van der Waals surface area contributed by atoms with E-state index in [2.05, 4.69) is 11.8 Å². The molecule has 78 valence electrons. The van der Waals surface area contributed by atoms with Crippen LogP contribution in [-0.2, 0) is 11.8 Å². The number of nitrogens with two attached hydrogens (primary N) is 1. The quantitative estimate of drug-likeness (QED) is 0.512. The SMILES string of the molecule is NCC(O)(C1CCCC1)P(O)(O)=S. The minimum absolute atomic E-state index is 0.140. The van der Waals surface area contributed by atoms with Crippen LogP contribution in [-0.4, -0.2) is 26.8 Å². The van der Waals surface area contributed by atoms with E-state index >= 15 is 0 Å². The molecular weight excluding hydrogens is 209 g/mol. The van der Waals surface area contributed by atoms with Gasteiger partial charge in [-0.3, -0.25) is 0 Å². The third kappa shape index (κ3) is 2.12. The number of aliphatic hydroxyl groups is 1. The second kappa shape index (κ2) is 3.93.